The Morgan fingerprint density at radius 3 is 0.350 bits per heavy atom. The van der Waals surface area contributed by atoms with Crippen LogP contribution >= 0.6 is 0 Å². The van der Waals surface area contributed by atoms with Crippen LogP contribution in [0.2, 0.25) is 0 Å². The van der Waals surface area contributed by atoms with E-state index in [1.807, 2.05) is 0 Å². The smallest absolute Gasteiger partial charge is 0.302 e. The van der Waals surface area contributed by atoms with E-state index in [1.165, 1.54) is 112 Å². The first kappa shape index (κ1) is 72.8. The summed E-state index contributed by atoms with van der Waals surface area (Å²) in [5, 5.41) is 0. The minimum absolute atomic E-state index is 0.167. The number of carbonyl (C=O) groups excluding carboxylic acids is 12. The second-order valence-electron chi connectivity index (χ2n) is 13.4. The first-order valence-electron chi connectivity index (χ1n) is 19.7. The third-order valence-corrected chi connectivity index (χ3v) is 5.79. The van der Waals surface area contributed by atoms with Crippen molar-refractivity contribution in [2.24, 2.45) is 0 Å². The maximum absolute atomic E-state index is 10.2. The van der Waals surface area contributed by atoms with Crippen molar-refractivity contribution in [2.75, 3.05) is 28.4 Å². The van der Waals surface area contributed by atoms with Gasteiger partial charge in [-0.05, 0) is 107 Å². The van der Waals surface area contributed by atoms with E-state index >= 15 is 0 Å². The number of ketones is 8. The monoisotopic (exact) mass is 865 g/mol. The number of esters is 4. The molecule has 4 saturated carbocycles. The second kappa shape index (κ2) is 58.6. The summed E-state index contributed by atoms with van der Waals surface area (Å²) in [6, 6.07) is 0. The molecular weight excluding hydrogens is 784 g/mol. The van der Waals surface area contributed by atoms with Crippen molar-refractivity contribution in [3.05, 3.63) is 0 Å². The Hall–Kier alpha value is -4.76. The Balaban J connectivity index is -0.0000000823. The summed E-state index contributed by atoms with van der Waals surface area (Å²) >= 11 is 0. The molecule has 0 heterocycles. The number of methoxy groups -OCH3 is 4. The highest BCUT2D eigenvalue weighted by Gasteiger charge is 2.09. The van der Waals surface area contributed by atoms with Crippen LogP contribution in [0.4, 0.5) is 0 Å². The van der Waals surface area contributed by atoms with Gasteiger partial charge in [-0.1, -0.05) is 0 Å². The molecule has 0 bridgehead atoms. The molecule has 0 atom stereocenters. The first-order chi connectivity index (χ1) is 27.6. The molecular formula is C44H80O16. The van der Waals surface area contributed by atoms with E-state index in [2.05, 4.69) is 18.9 Å². The third-order valence-electron chi connectivity index (χ3n) is 5.79. The van der Waals surface area contributed by atoms with Gasteiger partial charge in [-0.2, -0.15) is 0 Å². The molecule has 16 heteroatoms. The van der Waals surface area contributed by atoms with E-state index in [0.717, 1.165) is 103 Å². The van der Waals surface area contributed by atoms with E-state index in [9.17, 15) is 57.5 Å². The fourth-order valence-corrected chi connectivity index (χ4v) is 3.08. The van der Waals surface area contributed by atoms with Crippen LogP contribution < -0.4 is 0 Å². The van der Waals surface area contributed by atoms with Gasteiger partial charge in [0.15, 0.2) is 0 Å². The third kappa shape index (κ3) is 149. The Labute approximate surface area is 360 Å². The van der Waals surface area contributed by atoms with Crippen molar-refractivity contribution in [1.29, 1.82) is 0 Å². The van der Waals surface area contributed by atoms with Gasteiger partial charge >= 0.3 is 23.9 Å². The molecule has 0 N–H and O–H groups in total. The number of Topliss-reactive ketones (excluding diaryl/α,β-unsaturated/α-hetero) is 8. The van der Waals surface area contributed by atoms with Crippen molar-refractivity contribution in [3.63, 3.8) is 0 Å². The Morgan fingerprint density at radius 1 is 0.267 bits per heavy atom. The van der Waals surface area contributed by atoms with Gasteiger partial charge in [-0.3, -0.25) is 38.4 Å². The van der Waals surface area contributed by atoms with Gasteiger partial charge in [-0.15, -0.1) is 0 Å². The maximum atomic E-state index is 10.2. The Bertz CT molecular complexity index is 971. The van der Waals surface area contributed by atoms with Crippen molar-refractivity contribution in [1.82, 2.24) is 0 Å². The van der Waals surface area contributed by atoms with Crippen molar-refractivity contribution < 1.29 is 76.5 Å². The van der Waals surface area contributed by atoms with Gasteiger partial charge in [0.1, 0.15) is 46.3 Å². The zero-order valence-electron chi connectivity index (χ0n) is 39.8. The average Bonchev–Trinajstić information content (AvgIpc) is 3.98. The van der Waals surface area contributed by atoms with Crippen LogP contribution in [0.3, 0.4) is 0 Å². The predicted molar refractivity (Wildman–Crippen MR) is 230 cm³/mol. The topological polar surface area (TPSA) is 242 Å². The van der Waals surface area contributed by atoms with Crippen LogP contribution in [0, 0.1) is 0 Å². The van der Waals surface area contributed by atoms with Crippen LogP contribution in [0.1, 0.15) is 186 Å². The molecule has 0 aromatic heterocycles. The van der Waals surface area contributed by atoms with E-state index < -0.39 is 0 Å². The predicted octanol–water partition coefficient (Wildman–Crippen LogP) is 7.62. The number of carbonyl (C=O) groups is 12. The van der Waals surface area contributed by atoms with E-state index in [1.54, 1.807) is 0 Å². The van der Waals surface area contributed by atoms with E-state index in [4.69, 9.17) is 0 Å². The highest BCUT2D eigenvalue weighted by atomic mass is 16.5. The fraction of sp³-hybridized carbons (Fsp3) is 0.727. The molecule has 352 valence electrons. The van der Waals surface area contributed by atoms with Gasteiger partial charge in [0.2, 0.25) is 0 Å². The van der Waals surface area contributed by atoms with Crippen molar-refractivity contribution >= 4 is 70.1 Å². The van der Waals surface area contributed by atoms with Gasteiger partial charge in [0.05, 0.1) is 28.4 Å². The first-order valence-corrected chi connectivity index (χ1v) is 19.7. The SMILES string of the molecule is CC(C)=O.CC(C)=O.CC(C)=O.CC(C)=O.COC(C)=O.COC(C)=O.COC(C)=O.COC(C)=O.O=C1CCCC1.O=C1CCCC1.O=C1CCCC1.O=C1CCCC1. The molecule has 0 radical (unpaired) electrons. The summed E-state index contributed by atoms with van der Waals surface area (Å²) < 4.78 is 16.4. The lowest BCUT2D eigenvalue weighted by Gasteiger charge is -1.80. The zero-order valence-corrected chi connectivity index (χ0v) is 39.8. The minimum Gasteiger partial charge on any atom is -0.469 e. The second-order valence-corrected chi connectivity index (χ2v) is 13.4. The Morgan fingerprint density at radius 2 is 0.333 bits per heavy atom. The van der Waals surface area contributed by atoms with Gasteiger partial charge in [0.25, 0.3) is 0 Å². The standard InChI is InChI=1S/4C5H8O.4C3H6O2.4C3H6O/c4*6-5-3-1-2-4-5;4*1-3(4)5-2;4*1-3(2)4/h4*1-4H2;4*1-2H3;4*1-2H3. The Kier molecular flexibility index (Phi) is 71.1. The normalized spacial score (nSPS) is 12.9. The molecule has 0 aromatic rings. The number of hydrogen-bond acceptors (Lipinski definition) is 16. The number of rotatable bonds is 0. The van der Waals surface area contributed by atoms with Crippen LogP contribution in [0.25, 0.3) is 0 Å². The largest absolute Gasteiger partial charge is 0.469 e. The summed E-state index contributed by atoms with van der Waals surface area (Å²) in [7, 11) is 5.40. The van der Waals surface area contributed by atoms with E-state index in [0.29, 0.717) is 23.1 Å². The summed E-state index contributed by atoms with van der Waals surface area (Å²) in [5.74, 6) is 1.50. The molecule has 4 rings (SSSR count). The summed E-state index contributed by atoms with van der Waals surface area (Å²) in [6.45, 7) is 17.7. The fourth-order valence-electron chi connectivity index (χ4n) is 3.08. The lowest BCUT2D eigenvalue weighted by atomic mass is 10.4. The van der Waals surface area contributed by atoms with Crippen LogP contribution in [0.15, 0.2) is 0 Å². The van der Waals surface area contributed by atoms with E-state index in [-0.39, 0.29) is 47.0 Å². The number of hydrogen-bond donors (Lipinski definition) is 0. The minimum atomic E-state index is -0.245. The van der Waals surface area contributed by atoms with Crippen LogP contribution in [-0.2, 0) is 76.5 Å². The molecule has 0 unspecified atom stereocenters. The molecule has 0 aliphatic heterocycles. The van der Waals surface area contributed by atoms with Gasteiger partial charge in [-0.25, -0.2) is 0 Å². The molecule has 0 amide bonds. The highest BCUT2D eigenvalue weighted by Crippen LogP contribution is 2.13. The van der Waals surface area contributed by atoms with Crippen LogP contribution in [-0.4, -0.2) is 98.6 Å². The molecule has 60 heavy (non-hydrogen) atoms. The highest BCUT2D eigenvalue weighted by molar-refractivity contribution is 5.81. The van der Waals surface area contributed by atoms with Gasteiger partial charge in [0, 0.05) is 79.1 Å². The van der Waals surface area contributed by atoms with Crippen molar-refractivity contribution in [3.8, 4) is 0 Å². The summed E-state index contributed by atoms with van der Waals surface area (Å²) in [5.41, 5.74) is 0. The van der Waals surface area contributed by atoms with Crippen molar-refractivity contribution in [2.45, 2.75) is 186 Å². The molecule has 0 aromatic carbocycles. The molecule has 0 spiro atoms. The summed E-state index contributed by atoms with van der Waals surface area (Å²) in [6.07, 6.45) is 15.9. The lowest BCUT2D eigenvalue weighted by Crippen LogP contribution is -1.88. The molecule has 4 aliphatic rings. The summed E-state index contributed by atoms with van der Waals surface area (Å²) in [4.78, 5) is 117. The van der Waals surface area contributed by atoms with Crippen LogP contribution in [0.5, 0.6) is 0 Å². The number of ether oxygens (including phenoxy) is 4. The molecule has 4 aliphatic carbocycles. The quantitative estimate of drug-likeness (QED) is 0.168. The van der Waals surface area contributed by atoms with Gasteiger partial charge < -0.3 is 38.1 Å². The molecule has 4 fully saturated rings. The zero-order chi connectivity index (χ0) is 49.1. The average molecular weight is 865 g/mol. The molecule has 0 saturated heterocycles. The molecule has 16 nitrogen and oxygen atoms in total. The maximum Gasteiger partial charge on any atom is 0.302 e. The lowest BCUT2D eigenvalue weighted by molar-refractivity contribution is -0.138.